The van der Waals surface area contributed by atoms with Crippen molar-refractivity contribution in [3.63, 3.8) is 0 Å². The van der Waals surface area contributed by atoms with Crippen LogP contribution in [0.4, 0.5) is 10.6 Å². The van der Waals surface area contributed by atoms with Gasteiger partial charge in [0.25, 0.3) is 5.56 Å². The molecule has 1 amide bonds. The average Bonchev–Trinajstić information content (AvgIpc) is 2.61. The Kier molecular flexibility index (Phi) is 5.24. The van der Waals surface area contributed by atoms with Crippen LogP contribution in [0.25, 0.3) is 5.69 Å². The summed E-state index contributed by atoms with van der Waals surface area (Å²) in [7, 11) is 0. The Morgan fingerprint density at radius 1 is 1.23 bits per heavy atom. The van der Waals surface area contributed by atoms with Crippen LogP contribution in [0, 0.1) is 0 Å². The second-order valence-corrected chi connectivity index (χ2v) is 6.64. The molecule has 0 bridgehead atoms. The van der Waals surface area contributed by atoms with Crippen LogP contribution in [0.2, 0.25) is 10.0 Å². The SMILES string of the molecule is Nc1nn(-c2ccc(Cl)c(Cl)c2)c(=O)cc1OC1CCN(C(=O)O)CC1. The number of carbonyl (C=O) groups is 1. The molecule has 8 nitrogen and oxygen atoms in total. The van der Waals surface area contributed by atoms with Gasteiger partial charge in [0, 0.05) is 25.9 Å². The molecule has 1 aromatic carbocycles. The number of hydrogen-bond acceptors (Lipinski definition) is 5. The lowest BCUT2D eigenvalue weighted by molar-refractivity contribution is 0.0895. The molecule has 1 aliphatic rings. The van der Waals surface area contributed by atoms with Crippen molar-refractivity contribution in [2.45, 2.75) is 18.9 Å². The quantitative estimate of drug-likeness (QED) is 0.821. The minimum Gasteiger partial charge on any atom is -0.486 e. The molecule has 1 aromatic heterocycles. The number of nitrogens with zero attached hydrogens (tertiary/aromatic N) is 3. The van der Waals surface area contributed by atoms with E-state index in [9.17, 15) is 9.59 Å². The maximum atomic E-state index is 12.4. The van der Waals surface area contributed by atoms with E-state index in [2.05, 4.69) is 5.10 Å². The molecule has 0 saturated carbocycles. The van der Waals surface area contributed by atoms with Gasteiger partial charge in [-0.05, 0) is 18.2 Å². The van der Waals surface area contributed by atoms with Crippen molar-refractivity contribution in [3.8, 4) is 11.4 Å². The summed E-state index contributed by atoms with van der Waals surface area (Å²) in [6, 6.07) is 5.93. The van der Waals surface area contributed by atoms with E-state index >= 15 is 0 Å². The lowest BCUT2D eigenvalue weighted by atomic mass is 10.1. The molecule has 0 aliphatic carbocycles. The van der Waals surface area contributed by atoms with Crippen LogP contribution >= 0.6 is 23.2 Å². The molecule has 10 heteroatoms. The van der Waals surface area contributed by atoms with E-state index in [1.165, 1.54) is 17.0 Å². The highest BCUT2D eigenvalue weighted by molar-refractivity contribution is 6.42. The average molecular weight is 399 g/mol. The first-order chi connectivity index (χ1) is 12.3. The van der Waals surface area contributed by atoms with Gasteiger partial charge in [0.1, 0.15) is 6.10 Å². The lowest BCUT2D eigenvalue weighted by Crippen LogP contribution is -2.41. The molecule has 3 N–H and O–H groups in total. The van der Waals surface area contributed by atoms with Crippen LogP contribution in [-0.2, 0) is 0 Å². The van der Waals surface area contributed by atoms with Crippen molar-refractivity contribution in [1.29, 1.82) is 0 Å². The molecular weight excluding hydrogens is 383 g/mol. The molecule has 0 atom stereocenters. The van der Waals surface area contributed by atoms with E-state index in [-0.39, 0.29) is 17.7 Å². The smallest absolute Gasteiger partial charge is 0.407 e. The number of likely N-dealkylation sites (tertiary alicyclic amines) is 1. The number of amides is 1. The van der Waals surface area contributed by atoms with E-state index in [0.717, 1.165) is 4.68 Å². The molecule has 1 fully saturated rings. The number of ether oxygens (including phenoxy) is 1. The number of hydrogen-bond donors (Lipinski definition) is 2. The van der Waals surface area contributed by atoms with Crippen LogP contribution in [0.5, 0.6) is 5.75 Å². The summed E-state index contributed by atoms with van der Waals surface area (Å²) in [5.74, 6) is 0.233. The molecule has 2 heterocycles. The first kappa shape index (κ1) is 18.3. The van der Waals surface area contributed by atoms with E-state index in [1.54, 1.807) is 12.1 Å². The summed E-state index contributed by atoms with van der Waals surface area (Å²) in [6.45, 7) is 0.737. The maximum Gasteiger partial charge on any atom is 0.407 e. The molecule has 0 spiro atoms. The lowest BCUT2D eigenvalue weighted by Gasteiger charge is -2.30. The van der Waals surface area contributed by atoms with Crippen LogP contribution < -0.4 is 16.0 Å². The normalized spacial score (nSPS) is 15.1. The Balaban J connectivity index is 1.78. The van der Waals surface area contributed by atoms with Gasteiger partial charge in [-0.2, -0.15) is 4.68 Å². The van der Waals surface area contributed by atoms with Gasteiger partial charge in [-0.25, -0.2) is 4.79 Å². The summed E-state index contributed by atoms with van der Waals surface area (Å²) >= 11 is 11.9. The third-order valence-corrected chi connectivity index (χ3v) is 4.82. The predicted molar refractivity (Wildman–Crippen MR) is 97.5 cm³/mol. The second kappa shape index (κ2) is 7.43. The van der Waals surface area contributed by atoms with Crippen molar-refractivity contribution >= 4 is 35.1 Å². The fourth-order valence-corrected chi connectivity index (χ4v) is 2.99. The van der Waals surface area contributed by atoms with Gasteiger partial charge in [0.05, 0.1) is 21.8 Å². The summed E-state index contributed by atoms with van der Waals surface area (Å²) in [5.41, 5.74) is 5.92. The van der Waals surface area contributed by atoms with Gasteiger partial charge in [-0.3, -0.25) is 4.79 Å². The van der Waals surface area contributed by atoms with Gasteiger partial charge in [0.15, 0.2) is 11.6 Å². The molecule has 26 heavy (non-hydrogen) atoms. The number of benzene rings is 1. The molecular formula is C16H16Cl2N4O4. The van der Waals surface area contributed by atoms with Crippen molar-refractivity contribution in [1.82, 2.24) is 14.7 Å². The molecule has 3 rings (SSSR count). The Bertz CT molecular complexity index is 894. The molecule has 0 radical (unpaired) electrons. The Morgan fingerprint density at radius 3 is 2.54 bits per heavy atom. The standard InChI is InChI=1S/C16H16Cl2N4O4/c17-11-2-1-9(7-12(11)18)22-14(23)8-13(15(19)20-22)26-10-3-5-21(6-4-10)16(24)25/h1-2,7-8,10H,3-6H2,(H2,19,20)(H,24,25). The maximum absolute atomic E-state index is 12.4. The Hall–Kier alpha value is -2.45. The number of rotatable bonds is 3. The highest BCUT2D eigenvalue weighted by atomic mass is 35.5. The van der Waals surface area contributed by atoms with Crippen molar-refractivity contribution < 1.29 is 14.6 Å². The topological polar surface area (TPSA) is 111 Å². The molecule has 1 aliphatic heterocycles. The third-order valence-electron chi connectivity index (χ3n) is 4.08. The molecule has 0 unspecified atom stereocenters. The number of piperidine rings is 1. The van der Waals surface area contributed by atoms with Crippen LogP contribution in [0.3, 0.4) is 0 Å². The summed E-state index contributed by atoms with van der Waals surface area (Å²) < 4.78 is 6.87. The fourth-order valence-electron chi connectivity index (χ4n) is 2.69. The largest absolute Gasteiger partial charge is 0.486 e. The highest BCUT2D eigenvalue weighted by Gasteiger charge is 2.24. The van der Waals surface area contributed by atoms with E-state index in [1.807, 2.05) is 0 Å². The minimum atomic E-state index is -0.950. The van der Waals surface area contributed by atoms with E-state index in [0.29, 0.717) is 41.7 Å². The summed E-state index contributed by atoms with van der Waals surface area (Å²) in [4.78, 5) is 24.6. The molecule has 138 valence electrons. The number of anilines is 1. The van der Waals surface area contributed by atoms with Gasteiger partial charge in [0.2, 0.25) is 0 Å². The molecule has 1 saturated heterocycles. The molecule has 2 aromatic rings. The van der Waals surface area contributed by atoms with Crippen LogP contribution in [0.15, 0.2) is 29.1 Å². The first-order valence-corrected chi connectivity index (χ1v) is 8.60. The number of aromatic nitrogens is 2. The number of halogens is 2. The number of nitrogen functional groups attached to an aromatic ring is 1. The number of carboxylic acid groups (broad SMARTS) is 1. The zero-order valence-electron chi connectivity index (χ0n) is 13.6. The summed E-state index contributed by atoms with van der Waals surface area (Å²) in [5, 5.41) is 13.7. The zero-order chi connectivity index (χ0) is 18.8. The Labute approximate surface area is 158 Å². The number of nitrogens with two attached hydrogens (primary N) is 1. The zero-order valence-corrected chi connectivity index (χ0v) is 15.1. The minimum absolute atomic E-state index is 0.0522. The van der Waals surface area contributed by atoms with E-state index in [4.69, 9.17) is 38.8 Å². The third kappa shape index (κ3) is 3.86. The van der Waals surface area contributed by atoms with Gasteiger partial charge < -0.3 is 20.5 Å². The van der Waals surface area contributed by atoms with Gasteiger partial charge in [-0.1, -0.05) is 23.2 Å². The second-order valence-electron chi connectivity index (χ2n) is 5.83. The highest BCUT2D eigenvalue weighted by Crippen LogP contribution is 2.25. The van der Waals surface area contributed by atoms with Crippen molar-refractivity contribution in [3.05, 3.63) is 44.7 Å². The first-order valence-electron chi connectivity index (χ1n) is 7.85. The van der Waals surface area contributed by atoms with Crippen LogP contribution in [0.1, 0.15) is 12.8 Å². The monoisotopic (exact) mass is 398 g/mol. The summed E-state index contributed by atoms with van der Waals surface area (Å²) in [6.07, 6.45) is -0.146. The van der Waals surface area contributed by atoms with Crippen molar-refractivity contribution in [2.24, 2.45) is 0 Å². The predicted octanol–water partition coefficient (Wildman–Crippen LogP) is 2.64. The van der Waals surface area contributed by atoms with Crippen molar-refractivity contribution in [2.75, 3.05) is 18.8 Å². The van der Waals surface area contributed by atoms with E-state index < -0.39 is 11.7 Å². The van der Waals surface area contributed by atoms with Gasteiger partial charge in [-0.15, -0.1) is 5.10 Å². The van der Waals surface area contributed by atoms with Crippen LogP contribution in [-0.4, -0.2) is 45.1 Å². The van der Waals surface area contributed by atoms with Gasteiger partial charge >= 0.3 is 6.09 Å². The Morgan fingerprint density at radius 2 is 1.92 bits per heavy atom. The fraction of sp³-hybridized carbons (Fsp3) is 0.312.